The first kappa shape index (κ1) is 22.0. The van der Waals surface area contributed by atoms with E-state index in [1.54, 1.807) is 4.90 Å². The fourth-order valence-corrected chi connectivity index (χ4v) is 4.69. The Morgan fingerprint density at radius 2 is 1.83 bits per heavy atom. The Morgan fingerprint density at radius 1 is 1.10 bits per heavy atom. The van der Waals surface area contributed by atoms with Crippen LogP contribution in [0.25, 0.3) is 0 Å². The second-order valence-corrected chi connectivity index (χ2v) is 8.79. The predicted molar refractivity (Wildman–Crippen MR) is 103 cm³/mol. The van der Waals surface area contributed by atoms with Crippen LogP contribution in [-0.4, -0.2) is 48.8 Å². The van der Waals surface area contributed by atoms with Gasteiger partial charge in [0, 0.05) is 44.0 Å². The van der Waals surface area contributed by atoms with Gasteiger partial charge in [0.25, 0.3) is 5.69 Å². The number of nitro benzene ring substituents is 1. The number of hydrogen-bond donors (Lipinski definition) is 0. The fourth-order valence-electron chi connectivity index (χ4n) is 3.20. The molecule has 30 heavy (non-hydrogen) atoms. The lowest BCUT2D eigenvalue weighted by Crippen LogP contribution is -2.35. The fraction of sp³-hybridized carbons (Fsp3) is 0.389. The minimum Gasteiger partial charge on any atom is -0.355 e. The third kappa shape index (κ3) is 4.54. The Bertz CT molecular complexity index is 1040. The molecule has 0 atom stereocenters. The van der Waals surface area contributed by atoms with E-state index in [-0.39, 0.29) is 30.2 Å². The summed E-state index contributed by atoms with van der Waals surface area (Å²) in [4.78, 5) is 15.9. The van der Waals surface area contributed by atoms with Crippen LogP contribution < -0.4 is 4.90 Å². The molecule has 8 nitrogen and oxygen atoms in total. The molecule has 1 saturated heterocycles. The van der Waals surface area contributed by atoms with Crippen LogP contribution in [0.4, 0.5) is 24.7 Å². The number of halogens is 3. The number of pyridine rings is 1. The van der Waals surface area contributed by atoms with Gasteiger partial charge in [0.1, 0.15) is 5.82 Å². The normalized spacial score (nSPS) is 16.3. The van der Waals surface area contributed by atoms with Gasteiger partial charge in [-0.3, -0.25) is 10.1 Å². The third-order valence-corrected chi connectivity index (χ3v) is 6.76. The summed E-state index contributed by atoms with van der Waals surface area (Å²) in [5.41, 5.74) is -0.776. The van der Waals surface area contributed by atoms with Gasteiger partial charge in [-0.05, 0) is 31.5 Å². The highest BCUT2D eigenvalue weighted by atomic mass is 32.2. The molecule has 0 spiro atoms. The SMILES string of the molecule is Cc1ccc(S(=O)(=O)N2CCCN(c3ccc(C(F)(F)F)cn3)CC2)cc1[N+](=O)[O-]. The van der Waals surface area contributed by atoms with Crippen molar-refractivity contribution in [1.82, 2.24) is 9.29 Å². The molecule has 1 aliphatic rings. The number of sulfonamides is 1. The van der Waals surface area contributed by atoms with E-state index in [1.165, 1.54) is 29.4 Å². The van der Waals surface area contributed by atoms with E-state index in [0.717, 1.165) is 18.3 Å². The van der Waals surface area contributed by atoms with Gasteiger partial charge in [-0.25, -0.2) is 13.4 Å². The number of aromatic nitrogens is 1. The number of benzene rings is 1. The molecule has 2 heterocycles. The molecular weight excluding hydrogens is 425 g/mol. The first-order valence-electron chi connectivity index (χ1n) is 9.03. The van der Waals surface area contributed by atoms with Gasteiger partial charge in [-0.1, -0.05) is 6.07 Å². The molecule has 2 aromatic rings. The summed E-state index contributed by atoms with van der Waals surface area (Å²) in [6.07, 6.45) is -3.30. The van der Waals surface area contributed by atoms with E-state index in [9.17, 15) is 31.7 Å². The van der Waals surface area contributed by atoms with E-state index in [1.807, 2.05) is 0 Å². The van der Waals surface area contributed by atoms with Crippen molar-refractivity contribution in [3.8, 4) is 0 Å². The summed E-state index contributed by atoms with van der Waals surface area (Å²) in [6.45, 7) is 2.42. The van der Waals surface area contributed by atoms with Gasteiger partial charge in [0.15, 0.2) is 0 Å². The molecule has 0 saturated carbocycles. The van der Waals surface area contributed by atoms with E-state index < -0.39 is 26.7 Å². The summed E-state index contributed by atoms with van der Waals surface area (Å²) >= 11 is 0. The molecule has 0 N–H and O–H groups in total. The summed E-state index contributed by atoms with van der Waals surface area (Å²) in [5.74, 6) is 0.327. The molecule has 0 aliphatic carbocycles. The minimum atomic E-state index is -4.48. The molecule has 0 unspecified atom stereocenters. The van der Waals surface area contributed by atoms with Gasteiger partial charge >= 0.3 is 6.18 Å². The molecule has 0 radical (unpaired) electrons. The molecule has 1 fully saturated rings. The van der Waals surface area contributed by atoms with Crippen molar-refractivity contribution in [2.45, 2.75) is 24.4 Å². The molecule has 1 aromatic heterocycles. The summed E-state index contributed by atoms with van der Waals surface area (Å²) < 4.78 is 65.3. The average molecular weight is 444 g/mol. The Balaban J connectivity index is 1.77. The maximum atomic E-state index is 13.0. The molecule has 1 aliphatic heterocycles. The van der Waals surface area contributed by atoms with Crippen molar-refractivity contribution in [2.75, 3.05) is 31.1 Å². The minimum absolute atomic E-state index is 0.0761. The number of anilines is 1. The lowest BCUT2D eigenvalue weighted by Gasteiger charge is -2.23. The molecule has 1 aromatic carbocycles. The first-order valence-corrected chi connectivity index (χ1v) is 10.5. The number of nitro groups is 1. The van der Waals surface area contributed by atoms with Crippen molar-refractivity contribution < 1.29 is 26.5 Å². The van der Waals surface area contributed by atoms with E-state index in [0.29, 0.717) is 24.3 Å². The number of hydrogen-bond acceptors (Lipinski definition) is 6. The van der Waals surface area contributed by atoms with E-state index in [2.05, 4.69) is 4.98 Å². The van der Waals surface area contributed by atoms with Crippen molar-refractivity contribution in [2.24, 2.45) is 0 Å². The summed E-state index contributed by atoms with van der Waals surface area (Å²) in [6, 6.07) is 5.97. The van der Waals surface area contributed by atoms with Crippen LogP contribution in [0.1, 0.15) is 17.5 Å². The Morgan fingerprint density at radius 3 is 2.43 bits per heavy atom. The van der Waals surface area contributed by atoms with Gasteiger partial charge in [-0.15, -0.1) is 0 Å². The molecule has 12 heteroatoms. The smallest absolute Gasteiger partial charge is 0.355 e. The summed E-state index contributed by atoms with van der Waals surface area (Å²) in [7, 11) is -3.96. The average Bonchev–Trinajstić information content (AvgIpc) is 2.94. The molecule has 162 valence electrons. The zero-order valence-electron chi connectivity index (χ0n) is 16.0. The molecule has 3 rings (SSSR count). The van der Waals surface area contributed by atoms with Crippen LogP contribution >= 0.6 is 0 Å². The standard InChI is InChI=1S/C18H19F3N4O4S/c1-13-3-5-15(11-16(13)25(26)27)30(28,29)24-8-2-7-23(9-10-24)17-6-4-14(12-22-17)18(19,20)21/h3-6,11-12H,2,7-10H2,1H3. The highest BCUT2D eigenvalue weighted by Gasteiger charge is 2.32. The van der Waals surface area contributed by atoms with Crippen LogP contribution in [0.15, 0.2) is 41.4 Å². The highest BCUT2D eigenvalue weighted by Crippen LogP contribution is 2.30. The first-order chi connectivity index (χ1) is 14.0. The zero-order valence-corrected chi connectivity index (χ0v) is 16.8. The van der Waals surface area contributed by atoms with Gasteiger partial charge in [0.2, 0.25) is 10.0 Å². The summed E-state index contributed by atoms with van der Waals surface area (Å²) in [5, 5.41) is 11.1. The molecule has 0 amide bonds. The second-order valence-electron chi connectivity index (χ2n) is 6.85. The van der Waals surface area contributed by atoms with Crippen molar-refractivity contribution >= 4 is 21.5 Å². The predicted octanol–water partition coefficient (Wildman–Crippen LogP) is 3.22. The van der Waals surface area contributed by atoms with Crippen LogP contribution in [-0.2, 0) is 16.2 Å². The Labute approximate surface area is 171 Å². The Hall–Kier alpha value is -2.73. The van der Waals surface area contributed by atoms with Crippen LogP contribution in [0.5, 0.6) is 0 Å². The number of nitrogens with zero attached hydrogens (tertiary/aromatic N) is 4. The molecular formula is C18H19F3N4O4S. The maximum absolute atomic E-state index is 13.0. The molecule has 0 bridgehead atoms. The van der Waals surface area contributed by atoms with Crippen molar-refractivity contribution in [3.63, 3.8) is 0 Å². The van der Waals surface area contributed by atoms with E-state index in [4.69, 9.17) is 0 Å². The van der Waals surface area contributed by atoms with Gasteiger partial charge < -0.3 is 4.90 Å². The maximum Gasteiger partial charge on any atom is 0.417 e. The third-order valence-electron chi connectivity index (χ3n) is 4.87. The topological polar surface area (TPSA) is 96.7 Å². The van der Waals surface area contributed by atoms with Crippen molar-refractivity contribution in [3.05, 3.63) is 57.8 Å². The number of rotatable bonds is 4. The van der Waals surface area contributed by atoms with Gasteiger partial charge in [0.05, 0.1) is 15.4 Å². The second kappa shape index (κ2) is 8.19. The lowest BCUT2D eigenvalue weighted by atomic mass is 10.2. The van der Waals surface area contributed by atoms with Crippen LogP contribution in [0.3, 0.4) is 0 Å². The number of aryl methyl sites for hydroxylation is 1. The van der Waals surface area contributed by atoms with Gasteiger partial charge in [-0.2, -0.15) is 17.5 Å². The monoisotopic (exact) mass is 444 g/mol. The zero-order chi connectivity index (χ0) is 22.1. The van der Waals surface area contributed by atoms with Crippen LogP contribution in [0, 0.1) is 17.0 Å². The lowest BCUT2D eigenvalue weighted by molar-refractivity contribution is -0.385. The Kier molecular flexibility index (Phi) is 5.99. The van der Waals surface area contributed by atoms with Crippen molar-refractivity contribution in [1.29, 1.82) is 0 Å². The number of alkyl halides is 3. The van der Waals surface area contributed by atoms with E-state index >= 15 is 0 Å². The quantitative estimate of drug-likeness (QED) is 0.531. The highest BCUT2D eigenvalue weighted by molar-refractivity contribution is 7.89. The largest absolute Gasteiger partial charge is 0.417 e. The van der Waals surface area contributed by atoms with Crippen LogP contribution in [0.2, 0.25) is 0 Å².